The van der Waals surface area contributed by atoms with E-state index in [0.717, 1.165) is 0 Å². The van der Waals surface area contributed by atoms with Crippen molar-refractivity contribution < 1.29 is 22.7 Å². The first-order valence-corrected chi connectivity index (χ1v) is 10.1. The molecule has 0 fully saturated rings. The molecular weight excluding hydrogens is 390 g/mol. The molecule has 0 aliphatic rings. The van der Waals surface area contributed by atoms with E-state index in [1.807, 2.05) is 0 Å². The largest absolute Gasteiger partial charge is 0.493 e. The highest BCUT2D eigenvalue weighted by molar-refractivity contribution is 7.89. The van der Waals surface area contributed by atoms with Gasteiger partial charge in [-0.15, -0.1) is 0 Å². The molecule has 0 spiro atoms. The molecule has 0 radical (unpaired) electrons. The monoisotopic (exact) mass is 407 g/mol. The average molecular weight is 407 g/mol. The van der Waals surface area contributed by atoms with Crippen LogP contribution < -0.4 is 19.5 Å². The zero-order valence-electron chi connectivity index (χ0n) is 14.8. The highest BCUT2D eigenvalue weighted by atomic mass is 32.2. The summed E-state index contributed by atoms with van der Waals surface area (Å²) in [6, 6.07) is 9.56. The topological polar surface area (TPSA) is 107 Å². The van der Waals surface area contributed by atoms with Gasteiger partial charge in [0.25, 0.3) is 5.91 Å². The van der Waals surface area contributed by atoms with Crippen LogP contribution in [0.2, 0.25) is 0 Å². The molecule has 0 saturated heterocycles. The van der Waals surface area contributed by atoms with E-state index in [2.05, 4.69) is 15.0 Å². The predicted octanol–water partition coefficient (Wildman–Crippen LogP) is 2.47. The maximum absolute atomic E-state index is 12.6. The summed E-state index contributed by atoms with van der Waals surface area (Å²) in [7, 11) is 0.739. The van der Waals surface area contributed by atoms with Crippen LogP contribution in [0.25, 0.3) is 10.2 Å². The van der Waals surface area contributed by atoms with Crippen molar-refractivity contribution in [2.75, 3.05) is 26.6 Å². The first-order chi connectivity index (χ1) is 12.9. The summed E-state index contributed by atoms with van der Waals surface area (Å²) in [5.74, 6) is 0.352. The molecule has 1 heterocycles. The maximum Gasteiger partial charge on any atom is 0.261 e. The normalized spacial score (nSPS) is 11.4. The molecule has 0 atom stereocenters. The van der Waals surface area contributed by atoms with Crippen molar-refractivity contribution in [3.8, 4) is 11.5 Å². The summed E-state index contributed by atoms with van der Waals surface area (Å²) in [6.45, 7) is 0. The van der Waals surface area contributed by atoms with Gasteiger partial charge in [0.15, 0.2) is 16.6 Å². The summed E-state index contributed by atoms with van der Waals surface area (Å²) in [4.78, 5) is 17.1. The molecule has 1 amide bonds. The van der Waals surface area contributed by atoms with Crippen molar-refractivity contribution >= 4 is 42.6 Å². The zero-order valence-corrected chi connectivity index (χ0v) is 16.4. The Labute approximate surface area is 160 Å². The lowest BCUT2D eigenvalue weighted by atomic mass is 10.1. The highest BCUT2D eigenvalue weighted by Crippen LogP contribution is 2.32. The Morgan fingerprint density at radius 3 is 2.59 bits per heavy atom. The summed E-state index contributed by atoms with van der Waals surface area (Å²) in [5, 5.41) is 3.06. The van der Waals surface area contributed by atoms with Crippen LogP contribution in [-0.2, 0) is 10.0 Å². The molecule has 1 aromatic heterocycles. The Morgan fingerprint density at radius 1 is 1.15 bits per heavy atom. The summed E-state index contributed by atoms with van der Waals surface area (Å²) >= 11 is 1.18. The fraction of sp³-hybridized carbons (Fsp3) is 0.176. The first kappa shape index (κ1) is 19.1. The molecule has 142 valence electrons. The van der Waals surface area contributed by atoms with Crippen LogP contribution in [-0.4, -0.2) is 40.6 Å². The van der Waals surface area contributed by atoms with Crippen LogP contribution >= 0.6 is 11.3 Å². The molecule has 8 nitrogen and oxygen atoms in total. The lowest BCUT2D eigenvalue weighted by molar-refractivity contribution is 0.102. The van der Waals surface area contributed by atoms with Gasteiger partial charge in [-0.25, -0.2) is 18.1 Å². The summed E-state index contributed by atoms with van der Waals surface area (Å²) < 4.78 is 37.2. The lowest BCUT2D eigenvalue weighted by Gasteiger charge is -2.11. The number of para-hydroxylation sites is 1. The minimum atomic E-state index is -3.55. The average Bonchev–Trinajstić information content (AvgIpc) is 3.08. The number of aromatic nitrogens is 1. The van der Waals surface area contributed by atoms with Gasteiger partial charge in [-0.2, -0.15) is 0 Å². The third kappa shape index (κ3) is 3.72. The number of carbonyl (C=O) groups is 1. The van der Waals surface area contributed by atoms with Crippen LogP contribution in [0.5, 0.6) is 11.5 Å². The summed E-state index contributed by atoms with van der Waals surface area (Å²) in [6.07, 6.45) is 0. The van der Waals surface area contributed by atoms with Gasteiger partial charge in [0.05, 0.1) is 34.9 Å². The molecule has 3 aromatic rings. The van der Waals surface area contributed by atoms with Crippen LogP contribution in [0.3, 0.4) is 0 Å². The quantitative estimate of drug-likeness (QED) is 0.650. The number of anilines is 1. The number of ether oxygens (including phenoxy) is 2. The molecule has 0 saturated carbocycles. The number of carbonyl (C=O) groups excluding carboxylic acids is 1. The zero-order chi connectivity index (χ0) is 19.6. The number of nitrogens with one attached hydrogen (secondary N) is 2. The minimum absolute atomic E-state index is 0.133. The van der Waals surface area contributed by atoms with Gasteiger partial charge in [-0.1, -0.05) is 17.4 Å². The van der Waals surface area contributed by atoms with E-state index in [4.69, 9.17) is 9.47 Å². The third-order valence-electron chi connectivity index (χ3n) is 3.81. The molecule has 0 unspecified atom stereocenters. The fourth-order valence-electron chi connectivity index (χ4n) is 2.47. The van der Waals surface area contributed by atoms with E-state index < -0.39 is 15.9 Å². The molecule has 27 heavy (non-hydrogen) atoms. The van der Waals surface area contributed by atoms with Gasteiger partial charge in [-0.05, 0) is 37.4 Å². The number of fused-ring (bicyclic) bond motifs is 1. The van der Waals surface area contributed by atoms with Gasteiger partial charge in [0.1, 0.15) is 0 Å². The molecule has 0 aliphatic heterocycles. The van der Waals surface area contributed by atoms with Gasteiger partial charge >= 0.3 is 0 Å². The van der Waals surface area contributed by atoms with E-state index in [9.17, 15) is 13.2 Å². The number of methoxy groups -OCH3 is 2. The number of sulfonamides is 1. The highest BCUT2D eigenvalue weighted by Gasteiger charge is 2.18. The van der Waals surface area contributed by atoms with Crippen LogP contribution in [0, 0.1) is 0 Å². The Morgan fingerprint density at radius 2 is 1.93 bits per heavy atom. The maximum atomic E-state index is 12.6. The van der Waals surface area contributed by atoms with E-state index in [1.165, 1.54) is 44.7 Å². The fourth-order valence-corrected chi connectivity index (χ4v) is 4.20. The third-order valence-corrected chi connectivity index (χ3v) is 6.15. The second-order valence-electron chi connectivity index (χ2n) is 5.35. The number of hydrogen-bond donors (Lipinski definition) is 2. The number of benzene rings is 2. The smallest absolute Gasteiger partial charge is 0.261 e. The first-order valence-electron chi connectivity index (χ1n) is 7.76. The Kier molecular flexibility index (Phi) is 5.31. The number of nitrogens with zero attached hydrogens (tertiary/aromatic N) is 1. The van der Waals surface area contributed by atoms with Gasteiger partial charge in [-0.3, -0.25) is 10.1 Å². The van der Waals surface area contributed by atoms with Crippen molar-refractivity contribution in [2.45, 2.75) is 4.90 Å². The van der Waals surface area contributed by atoms with E-state index in [-0.39, 0.29) is 4.90 Å². The van der Waals surface area contributed by atoms with Crippen molar-refractivity contribution in [2.24, 2.45) is 0 Å². The Balaban J connectivity index is 1.92. The van der Waals surface area contributed by atoms with Crippen LogP contribution in [0.1, 0.15) is 10.4 Å². The Bertz CT molecular complexity index is 1110. The molecular formula is C17H17N3O5S2. The van der Waals surface area contributed by atoms with E-state index in [0.29, 0.717) is 32.4 Å². The number of amides is 1. The molecule has 2 aromatic carbocycles. The van der Waals surface area contributed by atoms with Gasteiger partial charge < -0.3 is 9.47 Å². The number of hydrogen-bond acceptors (Lipinski definition) is 7. The SMILES string of the molecule is CNS(=O)(=O)c1ccc2nc(NC(=O)c3cccc(OC)c3OC)sc2c1. The van der Waals surface area contributed by atoms with Crippen LogP contribution in [0.4, 0.5) is 5.13 Å². The lowest BCUT2D eigenvalue weighted by Crippen LogP contribution is -2.18. The standard InChI is InChI=1S/C17H17N3O5S2/c1-18-27(22,23)10-7-8-12-14(9-10)26-17(19-12)20-16(21)11-5-4-6-13(24-2)15(11)25-3/h4-9,18H,1-3H3,(H,19,20,21). The van der Waals surface area contributed by atoms with Crippen LogP contribution in [0.15, 0.2) is 41.3 Å². The number of thiazole rings is 1. The van der Waals surface area contributed by atoms with Gasteiger partial charge in [0, 0.05) is 0 Å². The van der Waals surface area contributed by atoms with E-state index in [1.54, 1.807) is 24.3 Å². The van der Waals surface area contributed by atoms with Crippen molar-refractivity contribution in [1.82, 2.24) is 9.71 Å². The summed E-state index contributed by atoms with van der Waals surface area (Å²) in [5.41, 5.74) is 0.887. The van der Waals surface area contributed by atoms with Crippen molar-refractivity contribution in [3.05, 3.63) is 42.0 Å². The molecule has 2 N–H and O–H groups in total. The second kappa shape index (κ2) is 7.51. The Hall–Kier alpha value is -2.69. The van der Waals surface area contributed by atoms with Crippen molar-refractivity contribution in [1.29, 1.82) is 0 Å². The van der Waals surface area contributed by atoms with E-state index >= 15 is 0 Å². The molecule has 0 aliphatic carbocycles. The molecule has 3 rings (SSSR count). The molecule has 0 bridgehead atoms. The second-order valence-corrected chi connectivity index (χ2v) is 8.27. The minimum Gasteiger partial charge on any atom is -0.493 e. The van der Waals surface area contributed by atoms with Crippen molar-refractivity contribution in [3.63, 3.8) is 0 Å². The predicted molar refractivity (Wildman–Crippen MR) is 103 cm³/mol. The van der Waals surface area contributed by atoms with Gasteiger partial charge in [0.2, 0.25) is 10.0 Å². The number of rotatable bonds is 6. The molecule has 10 heteroatoms.